The van der Waals surface area contributed by atoms with Crippen molar-refractivity contribution in [3.05, 3.63) is 60.4 Å². The Balaban J connectivity index is 1.99. The highest BCUT2D eigenvalue weighted by Crippen LogP contribution is 2.16. The van der Waals surface area contributed by atoms with Gasteiger partial charge in [-0.3, -0.25) is 9.82 Å². The third-order valence-corrected chi connectivity index (χ3v) is 3.56. The fourth-order valence-corrected chi connectivity index (χ4v) is 2.30. The molecule has 0 aliphatic carbocycles. The highest BCUT2D eigenvalue weighted by molar-refractivity contribution is 7.88. The van der Waals surface area contributed by atoms with E-state index in [9.17, 15) is 8.42 Å². The van der Waals surface area contributed by atoms with Crippen LogP contribution in [0.25, 0.3) is 0 Å². The van der Waals surface area contributed by atoms with E-state index in [1.165, 1.54) is 0 Å². The lowest BCUT2D eigenvalue weighted by molar-refractivity contribution is 0.109. The smallest absolute Gasteiger partial charge is 0.208 e. The van der Waals surface area contributed by atoms with E-state index in [4.69, 9.17) is 4.84 Å². The average Bonchev–Trinajstić information content (AvgIpc) is 2.51. The molecule has 1 aromatic heterocycles. The maximum absolute atomic E-state index is 11.0. The van der Waals surface area contributed by atoms with Crippen molar-refractivity contribution in [2.24, 2.45) is 0 Å². The molecule has 1 aromatic carbocycles. The van der Waals surface area contributed by atoms with Gasteiger partial charge < -0.3 is 0 Å². The molecular weight excluding hydrogens is 302 g/mol. The zero-order valence-corrected chi connectivity index (χ0v) is 13.2. The van der Waals surface area contributed by atoms with E-state index in [2.05, 4.69) is 9.71 Å². The Bertz CT molecular complexity index is 663. The van der Waals surface area contributed by atoms with Crippen LogP contribution in [0, 0.1) is 0 Å². The lowest BCUT2D eigenvalue weighted by Crippen LogP contribution is -2.30. The summed E-state index contributed by atoms with van der Waals surface area (Å²) in [6, 6.07) is 13.5. The van der Waals surface area contributed by atoms with Crippen LogP contribution in [0.15, 0.2) is 54.9 Å². The monoisotopic (exact) mass is 321 g/mol. The van der Waals surface area contributed by atoms with Gasteiger partial charge in [0.25, 0.3) is 0 Å². The number of nitrogens with one attached hydrogen (secondary N) is 1. The average molecular weight is 321 g/mol. The van der Waals surface area contributed by atoms with E-state index >= 15 is 0 Å². The van der Waals surface area contributed by atoms with E-state index in [0.717, 1.165) is 17.5 Å². The molecule has 0 spiro atoms. The number of anilines is 1. The Labute approximate surface area is 130 Å². The van der Waals surface area contributed by atoms with Crippen LogP contribution in [0.5, 0.6) is 0 Å². The van der Waals surface area contributed by atoms with E-state index in [1.54, 1.807) is 17.5 Å². The van der Waals surface area contributed by atoms with Crippen LogP contribution in [-0.4, -0.2) is 32.8 Å². The van der Waals surface area contributed by atoms with Gasteiger partial charge in [-0.1, -0.05) is 18.2 Å². The minimum absolute atomic E-state index is 0.221. The molecule has 2 rings (SSSR count). The molecule has 0 aliphatic heterocycles. The molecule has 22 heavy (non-hydrogen) atoms. The Morgan fingerprint density at radius 3 is 2.45 bits per heavy atom. The summed E-state index contributed by atoms with van der Waals surface area (Å²) in [7, 11) is -3.20. The van der Waals surface area contributed by atoms with Gasteiger partial charge in [0.2, 0.25) is 10.0 Å². The summed E-state index contributed by atoms with van der Waals surface area (Å²) in [6.45, 7) is 1.01. The second-order valence-corrected chi connectivity index (χ2v) is 6.56. The first-order valence-electron chi connectivity index (χ1n) is 6.83. The summed E-state index contributed by atoms with van der Waals surface area (Å²) in [5.41, 5.74) is 1.95. The molecule has 118 valence electrons. The van der Waals surface area contributed by atoms with Crippen LogP contribution in [-0.2, 0) is 21.4 Å². The molecule has 0 saturated heterocycles. The van der Waals surface area contributed by atoms with Gasteiger partial charge in [-0.2, -0.15) is 0 Å². The molecule has 1 heterocycles. The van der Waals surface area contributed by atoms with Gasteiger partial charge in [-0.15, -0.1) is 0 Å². The first-order valence-corrected chi connectivity index (χ1v) is 8.73. The molecule has 1 N–H and O–H groups in total. The summed E-state index contributed by atoms with van der Waals surface area (Å²) >= 11 is 0. The number of benzene rings is 1. The number of hydrogen-bond acceptors (Lipinski definition) is 5. The number of nitrogens with zero attached hydrogens (tertiary/aromatic N) is 2. The molecular formula is C15H19N3O3S. The molecule has 0 aliphatic rings. The quantitative estimate of drug-likeness (QED) is 0.590. The largest absolute Gasteiger partial charge is 0.272 e. The van der Waals surface area contributed by atoms with Gasteiger partial charge in [0.05, 0.1) is 25.1 Å². The number of hydrogen-bond donors (Lipinski definition) is 1. The molecule has 0 radical (unpaired) electrons. The molecule has 0 fully saturated rings. The lowest BCUT2D eigenvalue weighted by atomic mass is 10.2. The Morgan fingerprint density at radius 1 is 1.14 bits per heavy atom. The summed E-state index contributed by atoms with van der Waals surface area (Å²) in [6.07, 6.45) is 4.58. The van der Waals surface area contributed by atoms with Gasteiger partial charge in [-0.25, -0.2) is 18.2 Å². The van der Waals surface area contributed by atoms with E-state index in [0.29, 0.717) is 6.54 Å². The van der Waals surface area contributed by atoms with Crippen molar-refractivity contribution >= 4 is 15.7 Å². The van der Waals surface area contributed by atoms with Crippen molar-refractivity contribution in [2.45, 2.75) is 6.54 Å². The van der Waals surface area contributed by atoms with E-state index in [1.807, 2.05) is 42.5 Å². The summed E-state index contributed by atoms with van der Waals surface area (Å²) in [4.78, 5) is 9.71. The number of sulfonamides is 1. The fraction of sp³-hybridized carbons (Fsp3) is 0.267. The minimum Gasteiger partial charge on any atom is -0.272 e. The number of hydroxylamine groups is 1. The number of para-hydroxylation sites is 1. The standard InChI is InChI=1S/C15H19N3O3S/c1-22(19,20)17-11-12-21-18(15-5-3-2-4-6-15)13-14-7-9-16-10-8-14/h2-10,17H,11-13H2,1H3. The highest BCUT2D eigenvalue weighted by atomic mass is 32.2. The minimum atomic E-state index is -3.20. The van der Waals surface area contributed by atoms with Crippen molar-refractivity contribution in [3.63, 3.8) is 0 Å². The van der Waals surface area contributed by atoms with Crippen LogP contribution in [0.4, 0.5) is 5.69 Å². The second kappa shape index (κ2) is 7.88. The molecule has 6 nitrogen and oxygen atoms in total. The fourth-order valence-electron chi connectivity index (χ4n) is 1.84. The van der Waals surface area contributed by atoms with Crippen LogP contribution in [0.2, 0.25) is 0 Å². The van der Waals surface area contributed by atoms with Crippen molar-refractivity contribution in [3.8, 4) is 0 Å². The van der Waals surface area contributed by atoms with Crippen LogP contribution < -0.4 is 9.79 Å². The highest BCUT2D eigenvalue weighted by Gasteiger charge is 2.08. The van der Waals surface area contributed by atoms with Crippen molar-refractivity contribution in [1.29, 1.82) is 0 Å². The van der Waals surface area contributed by atoms with Crippen LogP contribution in [0.3, 0.4) is 0 Å². The number of rotatable bonds is 8. The van der Waals surface area contributed by atoms with Gasteiger partial charge in [0, 0.05) is 18.9 Å². The summed E-state index contributed by atoms with van der Waals surface area (Å²) < 4.78 is 24.5. The summed E-state index contributed by atoms with van der Waals surface area (Å²) in [5.74, 6) is 0. The molecule has 2 aromatic rings. The Morgan fingerprint density at radius 2 is 1.82 bits per heavy atom. The number of aromatic nitrogens is 1. The zero-order valence-electron chi connectivity index (χ0n) is 12.3. The third-order valence-electron chi connectivity index (χ3n) is 2.83. The predicted molar refractivity (Wildman–Crippen MR) is 85.7 cm³/mol. The molecule has 7 heteroatoms. The molecule has 0 unspecified atom stereocenters. The molecule has 0 amide bonds. The maximum Gasteiger partial charge on any atom is 0.208 e. The lowest BCUT2D eigenvalue weighted by Gasteiger charge is -2.24. The molecule has 0 atom stereocenters. The van der Waals surface area contributed by atoms with Crippen LogP contribution >= 0.6 is 0 Å². The van der Waals surface area contributed by atoms with E-state index < -0.39 is 10.0 Å². The topological polar surface area (TPSA) is 71.5 Å². The van der Waals surface area contributed by atoms with Gasteiger partial charge in [0.1, 0.15) is 0 Å². The SMILES string of the molecule is CS(=O)(=O)NCCON(Cc1ccncc1)c1ccccc1. The van der Waals surface area contributed by atoms with Gasteiger partial charge in [0.15, 0.2) is 0 Å². The first-order chi connectivity index (χ1) is 10.5. The second-order valence-electron chi connectivity index (χ2n) is 4.73. The van der Waals surface area contributed by atoms with Crippen molar-refractivity contribution < 1.29 is 13.3 Å². The Kier molecular flexibility index (Phi) is 5.88. The molecule has 0 bridgehead atoms. The van der Waals surface area contributed by atoms with Crippen molar-refractivity contribution in [1.82, 2.24) is 9.71 Å². The van der Waals surface area contributed by atoms with E-state index in [-0.39, 0.29) is 13.2 Å². The van der Waals surface area contributed by atoms with Gasteiger partial charge >= 0.3 is 0 Å². The first kappa shape index (κ1) is 16.4. The molecule has 0 saturated carbocycles. The maximum atomic E-state index is 11.0. The van der Waals surface area contributed by atoms with Crippen LogP contribution in [0.1, 0.15) is 5.56 Å². The predicted octanol–water partition coefficient (Wildman–Crippen LogP) is 1.57. The third kappa shape index (κ3) is 5.80. The normalized spacial score (nSPS) is 11.3. The zero-order chi connectivity index (χ0) is 15.8. The number of pyridine rings is 1. The van der Waals surface area contributed by atoms with Crippen molar-refractivity contribution in [2.75, 3.05) is 24.5 Å². The Hall–Kier alpha value is -1.96. The summed E-state index contributed by atoms with van der Waals surface area (Å²) in [5, 5.41) is 1.74. The van der Waals surface area contributed by atoms with Gasteiger partial charge in [-0.05, 0) is 29.8 Å².